The minimum Gasteiger partial charge on any atom is -0.481 e. The van der Waals surface area contributed by atoms with E-state index in [1.165, 1.54) is 0 Å². The molecule has 3 rings (SSSR count). The van der Waals surface area contributed by atoms with Crippen LogP contribution in [0.4, 0.5) is 8.63 Å². The number of aromatic nitrogens is 1. The molecule has 134 valence electrons. The smallest absolute Gasteiger partial charge is 0.481 e. The summed E-state index contributed by atoms with van der Waals surface area (Å²) in [6.07, 6.45) is 0.136. The van der Waals surface area contributed by atoms with Crippen molar-refractivity contribution in [2.24, 2.45) is 0 Å². The largest absolute Gasteiger partial charge is 0.737 e. The van der Waals surface area contributed by atoms with Crippen LogP contribution in [0.2, 0.25) is 0 Å². The van der Waals surface area contributed by atoms with Gasteiger partial charge in [-0.25, -0.2) is 0 Å². The third-order valence-electron chi connectivity index (χ3n) is 4.99. The summed E-state index contributed by atoms with van der Waals surface area (Å²) in [5.74, 6) is -0.931. The number of carbonyl (C=O) groups is 1. The maximum absolute atomic E-state index is 15.5. The molecular weight excluding hydrogens is 555 g/mol. The Morgan fingerprint density at radius 3 is 2.40 bits per heavy atom. The van der Waals surface area contributed by atoms with Crippen LogP contribution in [0.3, 0.4) is 0 Å². The predicted molar refractivity (Wildman–Crippen MR) is 111 cm³/mol. The quantitative estimate of drug-likeness (QED) is 0.422. The van der Waals surface area contributed by atoms with Crippen LogP contribution in [0.1, 0.15) is 43.6 Å². The first-order chi connectivity index (χ1) is 11.5. The standard InChI is InChI=1S/C16H17BF2I2N2O2/c1-7-13(20)9(3)22-15(7)11(5-6-12(24)25)16-8(2)14(21)10(4)23(16)17(22,18)19/h5-6H2,1-4H3,(H,24,25). The third-order valence-corrected chi connectivity index (χ3v) is 8.17. The first-order valence-corrected chi connectivity index (χ1v) is 10.0. The highest BCUT2D eigenvalue weighted by molar-refractivity contribution is 14.1. The molecule has 0 bridgehead atoms. The molecule has 1 aromatic heterocycles. The van der Waals surface area contributed by atoms with Crippen molar-refractivity contribution in [2.45, 2.75) is 40.5 Å². The molecule has 1 aromatic rings. The summed E-state index contributed by atoms with van der Waals surface area (Å²) in [6.45, 7) is 3.04. The fourth-order valence-electron chi connectivity index (χ4n) is 3.88. The normalized spacial score (nSPS) is 18.9. The molecule has 2 aliphatic rings. The van der Waals surface area contributed by atoms with Gasteiger partial charge in [0, 0.05) is 33.8 Å². The van der Waals surface area contributed by atoms with Crippen molar-refractivity contribution in [2.75, 3.05) is 0 Å². The molecule has 0 radical (unpaired) electrons. The van der Waals surface area contributed by atoms with Crippen LogP contribution in [0, 0.1) is 17.4 Å². The third kappa shape index (κ3) is 2.55. The minimum absolute atomic E-state index is 0.0889. The van der Waals surface area contributed by atoms with E-state index in [0.717, 1.165) is 27.3 Å². The predicted octanol–water partition coefficient (Wildman–Crippen LogP) is 4.72. The Kier molecular flexibility index (Phi) is 4.70. The number of hydrogen-bond donors (Lipinski definition) is 1. The Bertz CT molecular complexity index is 929. The number of nitrogens with zero attached hydrogens (tertiary/aromatic N) is 2. The van der Waals surface area contributed by atoms with E-state index in [9.17, 15) is 4.79 Å². The number of carboxylic acid groups (broad SMARTS) is 1. The lowest BCUT2D eigenvalue weighted by atomic mass is 9.85. The van der Waals surface area contributed by atoms with Crippen molar-refractivity contribution < 1.29 is 23.0 Å². The van der Waals surface area contributed by atoms with E-state index in [1.54, 1.807) is 13.8 Å². The molecular formula is C16H17BF2I2N2O2. The Labute approximate surface area is 172 Å². The molecule has 25 heavy (non-hydrogen) atoms. The highest BCUT2D eigenvalue weighted by atomic mass is 127. The second-order valence-corrected chi connectivity index (χ2v) is 8.60. The fraction of sp³-hybridized carbons (Fsp3) is 0.375. The lowest BCUT2D eigenvalue weighted by molar-refractivity contribution is -0.363. The van der Waals surface area contributed by atoms with Crippen LogP contribution in [0.15, 0.2) is 14.8 Å². The lowest BCUT2D eigenvalue weighted by Crippen LogP contribution is -2.51. The lowest BCUT2D eigenvalue weighted by Gasteiger charge is -2.33. The van der Waals surface area contributed by atoms with Gasteiger partial charge in [0.25, 0.3) is 0 Å². The Morgan fingerprint density at radius 1 is 1.24 bits per heavy atom. The minimum atomic E-state index is -4.02. The topological polar surface area (TPSA) is 45.2 Å². The molecule has 1 N–H and O–H groups in total. The van der Waals surface area contributed by atoms with Gasteiger partial charge >= 0.3 is 12.9 Å². The summed E-state index contributed by atoms with van der Waals surface area (Å²) in [6, 6.07) is 0. The molecule has 0 atom stereocenters. The first-order valence-electron chi connectivity index (χ1n) is 7.86. The van der Waals surface area contributed by atoms with Crippen molar-refractivity contribution in [1.29, 1.82) is 0 Å². The van der Waals surface area contributed by atoms with Crippen molar-refractivity contribution in [3.8, 4) is 0 Å². The second kappa shape index (κ2) is 6.17. The van der Waals surface area contributed by atoms with E-state index < -0.39 is 12.9 Å². The van der Waals surface area contributed by atoms with Gasteiger partial charge in [-0.3, -0.25) is 4.79 Å². The molecule has 3 heterocycles. The van der Waals surface area contributed by atoms with Gasteiger partial charge in [-0.2, -0.15) is 0 Å². The van der Waals surface area contributed by atoms with Gasteiger partial charge in [0.15, 0.2) is 5.70 Å². The van der Waals surface area contributed by atoms with E-state index in [0.29, 0.717) is 28.4 Å². The molecule has 0 amide bonds. The van der Waals surface area contributed by atoms with Crippen LogP contribution >= 0.6 is 45.2 Å². The van der Waals surface area contributed by atoms with Crippen molar-refractivity contribution in [3.05, 3.63) is 35.4 Å². The van der Waals surface area contributed by atoms with Gasteiger partial charge < -0.3 is 22.7 Å². The van der Waals surface area contributed by atoms with E-state index in [-0.39, 0.29) is 12.8 Å². The molecule has 0 unspecified atom stereocenters. The van der Waals surface area contributed by atoms with Crippen LogP contribution in [0.25, 0.3) is 5.57 Å². The van der Waals surface area contributed by atoms with Crippen LogP contribution in [0.5, 0.6) is 0 Å². The zero-order valence-corrected chi connectivity index (χ0v) is 18.6. The summed E-state index contributed by atoms with van der Waals surface area (Å²) in [7, 11) is 0. The summed E-state index contributed by atoms with van der Waals surface area (Å²) >= 11 is 4.19. The molecule has 9 heteroatoms. The maximum Gasteiger partial charge on any atom is 0.737 e. The number of aliphatic carboxylic acids is 1. The summed E-state index contributed by atoms with van der Waals surface area (Å²) in [5.41, 5.74) is 4.30. The molecule has 0 saturated heterocycles. The molecule has 2 aliphatic heterocycles. The number of rotatable bonds is 3. The highest BCUT2D eigenvalue weighted by Gasteiger charge is 2.56. The van der Waals surface area contributed by atoms with Gasteiger partial charge in [0.2, 0.25) is 0 Å². The van der Waals surface area contributed by atoms with Crippen molar-refractivity contribution in [3.63, 3.8) is 0 Å². The Balaban J connectivity index is 2.43. The summed E-state index contributed by atoms with van der Waals surface area (Å²) in [4.78, 5) is 11.1. The van der Waals surface area contributed by atoms with E-state index in [2.05, 4.69) is 45.2 Å². The molecule has 0 aliphatic carbocycles. The van der Waals surface area contributed by atoms with Gasteiger partial charge in [-0.05, 0) is 83.6 Å². The number of hydrogen-bond acceptors (Lipinski definition) is 1. The van der Waals surface area contributed by atoms with Crippen LogP contribution < -0.4 is 0 Å². The summed E-state index contributed by atoms with van der Waals surface area (Å²) < 4.78 is 34.9. The van der Waals surface area contributed by atoms with E-state index in [4.69, 9.17) is 5.11 Å². The van der Waals surface area contributed by atoms with Crippen LogP contribution in [-0.2, 0) is 4.79 Å². The van der Waals surface area contributed by atoms with Gasteiger partial charge in [-0.1, -0.05) is 0 Å². The molecule has 0 aromatic carbocycles. The molecule has 0 spiro atoms. The Hall–Kier alpha value is -0.715. The monoisotopic (exact) mass is 572 g/mol. The van der Waals surface area contributed by atoms with E-state index in [1.807, 2.05) is 13.8 Å². The average molecular weight is 572 g/mol. The number of halogens is 4. The average Bonchev–Trinajstić information content (AvgIpc) is 2.89. The number of allylic oxidation sites excluding steroid dienone is 3. The van der Waals surface area contributed by atoms with Gasteiger partial charge in [0.1, 0.15) is 5.71 Å². The van der Waals surface area contributed by atoms with E-state index >= 15 is 8.63 Å². The van der Waals surface area contributed by atoms with Crippen LogP contribution in [-0.4, -0.2) is 32.7 Å². The maximum atomic E-state index is 15.5. The number of carboxylic acids is 1. The van der Waals surface area contributed by atoms with Crippen molar-refractivity contribution >= 4 is 69.4 Å². The molecule has 0 fully saturated rings. The highest BCUT2D eigenvalue weighted by Crippen LogP contribution is 2.46. The Morgan fingerprint density at radius 2 is 1.84 bits per heavy atom. The van der Waals surface area contributed by atoms with Gasteiger partial charge in [-0.15, -0.1) is 0 Å². The molecule has 4 nitrogen and oxygen atoms in total. The zero-order valence-electron chi connectivity index (χ0n) is 14.3. The second-order valence-electron chi connectivity index (χ2n) is 6.45. The SMILES string of the molecule is CC1=C(I)C(C)=[N+]2C1=C(CCC(=O)O)c1c(C)c(I)c(C)n1[B-]2(F)F. The van der Waals surface area contributed by atoms with Crippen molar-refractivity contribution in [1.82, 2.24) is 4.48 Å². The first kappa shape index (κ1) is 19.1. The van der Waals surface area contributed by atoms with Gasteiger partial charge in [0.05, 0.1) is 3.58 Å². The summed E-state index contributed by atoms with van der Waals surface area (Å²) in [5, 5.41) is 9.13. The number of fused-ring (bicyclic) bond motifs is 2. The molecule has 0 saturated carbocycles. The fourth-order valence-corrected chi connectivity index (χ4v) is 4.91. The zero-order chi connectivity index (χ0) is 18.8.